The van der Waals surface area contributed by atoms with Gasteiger partial charge in [-0.1, -0.05) is 45.7 Å². The van der Waals surface area contributed by atoms with Crippen molar-refractivity contribution in [1.82, 2.24) is 0 Å². The van der Waals surface area contributed by atoms with Crippen LogP contribution in [0.15, 0.2) is 76.8 Å². The zero-order chi connectivity index (χ0) is 22.9. The van der Waals surface area contributed by atoms with Crippen molar-refractivity contribution in [1.29, 1.82) is 5.26 Å². The third-order valence-electron chi connectivity index (χ3n) is 4.40. The van der Waals surface area contributed by atoms with Gasteiger partial charge in [0.15, 0.2) is 0 Å². The molecule has 5 nitrogen and oxygen atoms in total. The molecule has 0 atom stereocenters. The molecule has 0 heterocycles. The molecule has 1 N–H and O–H groups in total. The lowest BCUT2D eigenvalue weighted by Gasteiger charge is -2.10. The molecule has 0 aromatic heterocycles. The van der Waals surface area contributed by atoms with Gasteiger partial charge < -0.3 is 14.8 Å². The van der Waals surface area contributed by atoms with Crippen LogP contribution < -0.4 is 14.8 Å². The summed E-state index contributed by atoms with van der Waals surface area (Å²) in [7, 11) is 0. The topological polar surface area (TPSA) is 71.3 Å². The van der Waals surface area contributed by atoms with Gasteiger partial charge in [-0.15, -0.1) is 0 Å². The fraction of sp³-hybridized carbons (Fsp3) is 0.120. The van der Waals surface area contributed by atoms with E-state index in [4.69, 9.17) is 21.1 Å². The number of nitriles is 1. The van der Waals surface area contributed by atoms with Crippen molar-refractivity contribution >= 4 is 45.2 Å². The molecule has 3 rings (SSSR count). The monoisotopic (exact) mass is 510 g/mol. The maximum atomic E-state index is 12.6. The lowest BCUT2D eigenvalue weighted by molar-refractivity contribution is -0.112. The number of carbonyl (C=O) groups is 1. The fourth-order valence-corrected chi connectivity index (χ4v) is 3.40. The van der Waals surface area contributed by atoms with Crippen LogP contribution in [0.3, 0.4) is 0 Å². The smallest absolute Gasteiger partial charge is 0.266 e. The Kier molecular flexibility index (Phi) is 8.32. The SMILES string of the molecule is CCOc1ccc(Br)cc1/C=C(\C#N)C(=O)Nc1ccc(OCc2ccccc2Cl)cc1. The van der Waals surface area contributed by atoms with Crippen molar-refractivity contribution in [2.45, 2.75) is 13.5 Å². The van der Waals surface area contributed by atoms with Crippen molar-refractivity contribution in [3.05, 3.63) is 92.9 Å². The zero-order valence-electron chi connectivity index (χ0n) is 17.3. The number of anilines is 1. The normalized spacial score (nSPS) is 10.9. The molecule has 0 unspecified atom stereocenters. The number of rotatable bonds is 8. The van der Waals surface area contributed by atoms with E-state index < -0.39 is 5.91 Å². The summed E-state index contributed by atoms with van der Waals surface area (Å²) in [5.74, 6) is 0.713. The zero-order valence-corrected chi connectivity index (χ0v) is 19.6. The van der Waals surface area contributed by atoms with Gasteiger partial charge in [-0.2, -0.15) is 5.26 Å². The molecular weight excluding hydrogens is 492 g/mol. The van der Waals surface area contributed by atoms with Crippen LogP contribution in [-0.2, 0) is 11.4 Å². The van der Waals surface area contributed by atoms with E-state index in [1.165, 1.54) is 6.08 Å². The molecule has 7 heteroatoms. The first-order valence-corrected chi connectivity index (χ1v) is 11.0. The van der Waals surface area contributed by atoms with E-state index in [9.17, 15) is 10.1 Å². The predicted molar refractivity (Wildman–Crippen MR) is 130 cm³/mol. The number of halogens is 2. The highest BCUT2D eigenvalue weighted by Gasteiger charge is 2.12. The van der Waals surface area contributed by atoms with Crippen LogP contribution in [0.4, 0.5) is 5.69 Å². The van der Waals surface area contributed by atoms with Gasteiger partial charge in [0.1, 0.15) is 29.7 Å². The van der Waals surface area contributed by atoms with Crippen molar-refractivity contribution in [2.75, 3.05) is 11.9 Å². The number of hydrogen-bond acceptors (Lipinski definition) is 4. The molecule has 1 amide bonds. The molecule has 0 saturated carbocycles. The van der Waals surface area contributed by atoms with E-state index in [0.29, 0.717) is 41.0 Å². The lowest BCUT2D eigenvalue weighted by atomic mass is 10.1. The number of nitrogens with one attached hydrogen (secondary N) is 1. The fourth-order valence-electron chi connectivity index (χ4n) is 2.83. The van der Waals surface area contributed by atoms with Crippen molar-refractivity contribution in [3.8, 4) is 17.6 Å². The van der Waals surface area contributed by atoms with E-state index in [0.717, 1.165) is 10.0 Å². The molecule has 162 valence electrons. The molecule has 0 saturated heterocycles. The van der Waals surface area contributed by atoms with Gasteiger partial charge in [-0.3, -0.25) is 4.79 Å². The number of nitrogens with zero attached hydrogens (tertiary/aromatic N) is 1. The summed E-state index contributed by atoms with van der Waals surface area (Å²) >= 11 is 9.54. The van der Waals surface area contributed by atoms with Gasteiger partial charge in [0.25, 0.3) is 5.91 Å². The molecule has 0 fully saturated rings. The van der Waals surface area contributed by atoms with E-state index in [1.807, 2.05) is 43.3 Å². The number of benzene rings is 3. The van der Waals surface area contributed by atoms with Crippen LogP contribution >= 0.6 is 27.5 Å². The summed E-state index contributed by atoms with van der Waals surface area (Å²) in [5.41, 5.74) is 2.02. The second-order valence-corrected chi connectivity index (χ2v) is 7.97. The van der Waals surface area contributed by atoms with Crippen molar-refractivity contribution in [2.24, 2.45) is 0 Å². The predicted octanol–water partition coefficient (Wildman–Crippen LogP) is 6.63. The first kappa shape index (κ1) is 23.4. The second-order valence-electron chi connectivity index (χ2n) is 6.64. The Balaban J connectivity index is 1.68. The second kappa shape index (κ2) is 11.4. The highest BCUT2D eigenvalue weighted by molar-refractivity contribution is 9.10. The third-order valence-corrected chi connectivity index (χ3v) is 5.26. The molecular formula is C25H20BrClN2O3. The van der Waals surface area contributed by atoms with Gasteiger partial charge in [0, 0.05) is 26.3 Å². The highest BCUT2D eigenvalue weighted by atomic mass is 79.9. The average Bonchev–Trinajstić information content (AvgIpc) is 2.79. The van der Waals surface area contributed by atoms with Gasteiger partial charge in [0.05, 0.1) is 6.61 Å². The number of amides is 1. The Morgan fingerprint density at radius 2 is 1.88 bits per heavy atom. The summed E-state index contributed by atoms with van der Waals surface area (Å²) in [6, 6.07) is 21.7. The van der Waals surface area contributed by atoms with Crippen LogP contribution in [0.1, 0.15) is 18.1 Å². The van der Waals surface area contributed by atoms with Gasteiger partial charge >= 0.3 is 0 Å². The Bertz CT molecular complexity index is 1170. The van der Waals surface area contributed by atoms with E-state index in [2.05, 4.69) is 21.2 Å². The standard InChI is InChI=1S/C25H20BrClN2O3/c1-2-31-24-12-7-20(26)14-18(24)13-19(15-28)25(30)29-21-8-10-22(11-9-21)32-16-17-5-3-4-6-23(17)27/h3-14H,2,16H2,1H3,(H,29,30)/b19-13+. The summed E-state index contributed by atoms with van der Waals surface area (Å²) in [4.78, 5) is 12.6. The summed E-state index contributed by atoms with van der Waals surface area (Å²) in [6.45, 7) is 2.68. The minimum absolute atomic E-state index is 0.0388. The molecule has 0 aliphatic heterocycles. The Hall–Kier alpha value is -3.27. The Labute approximate surface area is 200 Å². The Morgan fingerprint density at radius 1 is 1.12 bits per heavy atom. The number of hydrogen-bond donors (Lipinski definition) is 1. The van der Waals surface area contributed by atoms with Gasteiger partial charge in [-0.25, -0.2) is 0 Å². The molecule has 0 aliphatic carbocycles. The first-order chi connectivity index (χ1) is 15.5. The van der Waals surface area contributed by atoms with Crippen molar-refractivity contribution in [3.63, 3.8) is 0 Å². The average molecular weight is 512 g/mol. The van der Waals surface area contributed by atoms with Crippen LogP contribution in [0.5, 0.6) is 11.5 Å². The van der Waals surface area contributed by atoms with Crippen LogP contribution in [0.25, 0.3) is 6.08 Å². The van der Waals surface area contributed by atoms with Crippen molar-refractivity contribution < 1.29 is 14.3 Å². The maximum Gasteiger partial charge on any atom is 0.266 e. The maximum absolute atomic E-state index is 12.6. The van der Waals surface area contributed by atoms with E-state index >= 15 is 0 Å². The molecule has 0 bridgehead atoms. The quantitative estimate of drug-likeness (QED) is 0.272. The molecule has 32 heavy (non-hydrogen) atoms. The summed E-state index contributed by atoms with van der Waals surface area (Å²) in [6.07, 6.45) is 1.51. The summed E-state index contributed by atoms with van der Waals surface area (Å²) in [5, 5.41) is 12.9. The minimum Gasteiger partial charge on any atom is -0.493 e. The molecule has 0 aliphatic rings. The number of carbonyl (C=O) groups excluding carboxylic acids is 1. The van der Waals surface area contributed by atoms with Crippen LogP contribution in [-0.4, -0.2) is 12.5 Å². The highest BCUT2D eigenvalue weighted by Crippen LogP contribution is 2.26. The first-order valence-electron chi connectivity index (χ1n) is 9.82. The molecule has 0 radical (unpaired) electrons. The van der Waals surface area contributed by atoms with Gasteiger partial charge in [0.2, 0.25) is 0 Å². The van der Waals surface area contributed by atoms with Gasteiger partial charge in [-0.05, 0) is 61.5 Å². The largest absolute Gasteiger partial charge is 0.493 e. The van der Waals surface area contributed by atoms with Crippen LogP contribution in [0.2, 0.25) is 5.02 Å². The number of ether oxygens (including phenoxy) is 2. The minimum atomic E-state index is -0.514. The Morgan fingerprint density at radius 3 is 2.56 bits per heavy atom. The van der Waals surface area contributed by atoms with E-state index in [1.54, 1.807) is 36.4 Å². The van der Waals surface area contributed by atoms with Crippen LogP contribution in [0, 0.1) is 11.3 Å². The molecule has 0 spiro atoms. The van der Waals surface area contributed by atoms with E-state index in [-0.39, 0.29) is 5.57 Å². The third kappa shape index (κ3) is 6.36. The lowest BCUT2D eigenvalue weighted by Crippen LogP contribution is -2.13. The molecule has 3 aromatic carbocycles. The molecule has 3 aromatic rings. The summed E-state index contributed by atoms with van der Waals surface area (Å²) < 4.78 is 12.1.